The molecule has 6 nitrogen and oxygen atoms in total. The van der Waals surface area contributed by atoms with Crippen LogP contribution in [0.3, 0.4) is 0 Å². The van der Waals surface area contributed by atoms with E-state index in [0.29, 0.717) is 26.1 Å². The van der Waals surface area contributed by atoms with E-state index in [4.69, 9.17) is 9.15 Å². The fourth-order valence-electron chi connectivity index (χ4n) is 2.33. The number of nitrogens with zero attached hydrogens (tertiary/aromatic N) is 1. The van der Waals surface area contributed by atoms with E-state index in [1.807, 2.05) is 11.4 Å². The minimum atomic E-state index is -0.849. The summed E-state index contributed by atoms with van der Waals surface area (Å²) in [6.45, 7) is 1.33. The zero-order chi connectivity index (χ0) is 15.4. The van der Waals surface area contributed by atoms with Crippen LogP contribution in [0.5, 0.6) is 0 Å². The molecule has 0 bridgehead atoms. The van der Waals surface area contributed by atoms with Gasteiger partial charge in [-0.15, -0.1) is 11.3 Å². The number of carbonyl (C=O) groups excluding carboxylic acids is 1. The molecule has 0 aliphatic carbocycles. The molecule has 2 N–H and O–H groups in total. The quantitative estimate of drug-likeness (QED) is 0.873. The molecule has 2 aromatic heterocycles. The van der Waals surface area contributed by atoms with Gasteiger partial charge in [0.15, 0.2) is 0 Å². The lowest BCUT2D eigenvalue weighted by molar-refractivity contribution is -0.123. The normalized spacial score (nSPS) is 17.3. The summed E-state index contributed by atoms with van der Waals surface area (Å²) in [4.78, 5) is 16.4. The fourth-order valence-corrected chi connectivity index (χ4v) is 3.13. The van der Waals surface area contributed by atoms with Gasteiger partial charge in [-0.05, 0) is 6.07 Å². The summed E-state index contributed by atoms with van der Waals surface area (Å²) in [5.74, 6) is -0.135. The second-order valence-electron chi connectivity index (χ2n) is 5.45. The Kier molecular flexibility index (Phi) is 4.56. The van der Waals surface area contributed by atoms with Gasteiger partial charge in [0.05, 0.1) is 24.0 Å². The number of hydrogen-bond acceptors (Lipinski definition) is 6. The molecule has 1 saturated heterocycles. The van der Waals surface area contributed by atoms with Gasteiger partial charge in [0.25, 0.3) is 0 Å². The Hall–Kier alpha value is -1.70. The molecular weight excluding hydrogens is 304 g/mol. The molecule has 3 heterocycles. The molecule has 0 aromatic carbocycles. The number of rotatable bonds is 5. The van der Waals surface area contributed by atoms with Gasteiger partial charge in [0.2, 0.25) is 5.91 Å². The molecule has 0 atom stereocenters. The first-order valence-electron chi connectivity index (χ1n) is 7.18. The molecule has 0 unspecified atom stereocenters. The molecule has 118 valence electrons. The van der Waals surface area contributed by atoms with Gasteiger partial charge < -0.3 is 19.6 Å². The second-order valence-corrected chi connectivity index (χ2v) is 6.30. The molecule has 0 radical (unpaired) electrons. The third-order valence-corrected chi connectivity index (χ3v) is 4.64. The lowest BCUT2D eigenvalue weighted by Crippen LogP contribution is -2.46. The Bertz CT molecular complexity index is 617. The first kappa shape index (κ1) is 15.2. The maximum Gasteiger partial charge on any atom is 0.226 e. The maximum absolute atomic E-state index is 12.0. The Morgan fingerprint density at radius 1 is 1.45 bits per heavy atom. The highest BCUT2D eigenvalue weighted by atomic mass is 32.1. The van der Waals surface area contributed by atoms with E-state index in [0.717, 1.165) is 16.3 Å². The van der Waals surface area contributed by atoms with E-state index in [1.165, 1.54) is 11.3 Å². The van der Waals surface area contributed by atoms with Crippen molar-refractivity contribution in [2.45, 2.75) is 24.9 Å². The summed E-state index contributed by atoms with van der Waals surface area (Å²) in [6, 6.07) is 1.84. The summed E-state index contributed by atoms with van der Waals surface area (Å²) in [5, 5.41) is 15.8. The standard InChI is InChI=1S/C15H18N2O4S/c18-13(16-10-15(19)2-5-20-6-3-15)7-12-9-22-14(17-12)11-1-4-21-8-11/h1,4,8-9,19H,2-3,5-7,10H2,(H,16,18). The van der Waals surface area contributed by atoms with Gasteiger partial charge in [-0.2, -0.15) is 0 Å². The Balaban J connectivity index is 1.51. The highest BCUT2D eigenvalue weighted by Crippen LogP contribution is 2.24. The summed E-state index contributed by atoms with van der Waals surface area (Å²) in [7, 11) is 0. The van der Waals surface area contributed by atoms with Crippen LogP contribution in [0.25, 0.3) is 10.6 Å². The van der Waals surface area contributed by atoms with Crippen LogP contribution in [0.1, 0.15) is 18.5 Å². The van der Waals surface area contributed by atoms with Crippen molar-refractivity contribution in [3.63, 3.8) is 0 Å². The van der Waals surface area contributed by atoms with Crippen molar-refractivity contribution in [2.24, 2.45) is 0 Å². The van der Waals surface area contributed by atoms with Crippen molar-refractivity contribution in [1.29, 1.82) is 0 Å². The average Bonchev–Trinajstić information content (AvgIpc) is 3.17. The van der Waals surface area contributed by atoms with Crippen LogP contribution in [-0.4, -0.2) is 41.4 Å². The van der Waals surface area contributed by atoms with Crippen LogP contribution >= 0.6 is 11.3 Å². The van der Waals surface area contributed by atoms with Gasteiger partial charge in [-0.1, -0.05) is 0 Å². The minimum absolute atomic E-state index is 0.135. The zero-order valence-electron chi connectivity index (χ0n) is 12.1. The van der Waals surface area contributed by atoms with Crippen LogP contribution in [0.2, 0.25) is 0 Å². The Morgan fingerprint density at radius 3 is 3.00 bits per heavy atom. The summed E-state index contributed by atoms with van der Waals surface area (Å²) in [6.07, 6.45) is 4.53. The van der Waals surface area contributed by atoms with Gasteiger partial charge in [0.1, 0.15) is 11.3 Å². The average molecular weight is 322 g/mol. The minimum Gasteiger partial charge on any atom is -0.472 e. The van der Waals surface area contributed by atoms with E-state index in [2.05, 4.69) is 10.3 Å². The summed E-state index contributed by atoms with van der Waals surface area (Å²) >= 11 is 1.48. The molecule has 3 rings (SSSR count). The number of aromatic nitrogens is 1. The summed E-state index contributed by atoms with van der Waals surface area (Å²) < 4.78 is 10.2. The fraction of sp³-hybridized carbons (Fsp3) is 0.467. The van der Waals surface area contributed by atoms with Crippen LogP contribution in [-0.2, 0) is 16.0 Å². The molecule has 0 saturated carbocycles. The smallest absolute Gasteiger partial charge is 0.226 e. The van der Waals surface area contributed by atoms with Gasteiger partial charge in [-0.3, -0.25) is 4.79 Å². The molecule has 1 aliphatic heterocycles. The third kappa shape index (κ3) is 3.73. The van der Waals surface area contributed by atoms with Crippen molar-refractivity contribution in [2.75, 3.05) is 19.8 Å². The number of aliphatic hydroxyl groups is 1. The van der Waals surface area contributed by atoms with Crippen LogP contribution in [0, 0.1) is 0 Å². The first-order chi connectivity index (χ1) is 10.6. The van der Waals surface area contributed by atoms with E-state index in [-0.39, 0.29) is 18.9 Å². The topological polar surface area (TPSA) is 84.6 Å². The number of carbonyl (C=O) groups is 1. The SMILES string of the molecule is O=C(Cc1csc(-c2ccoc2)n1)NCC1(O)CCOCC1. The first-order valence-corrected chi connectivity index (χ1v) is 8.06. The van der Waals surface area contributed by atoms with Gasteiger partial charge in [0, 0.05) is 43.5 Å². The predicted octanol–water partition coefficient (Wildman–Crippen LogP) is 1.60. The molecule has 1 amide bonds. The van der Waals surface area contributed by atoms with Gasteiger partial charge >= 0.3 is 0 Å². The number of thiazole rings is 1. The molecule has 1 aliphatic rings. The molecule has 22 heavy (non-hydrogen) atoms. The number of hydrogen-bond donors (Lipinski definition) is 2. The van der Waals surface area contributed by atoms with E-state index < -0.39 is 5.60 Å². The molecule has 1 fully saturated rings. The van der Waals surface area contributed by atoms with Crippen LogP contribution < -0.4 is 5.32 Å². The highest BCUT2D eigenvalue weighted by molar-refractivity contribution is 7.13. The molecule has 7 heteroatoms. The van der Waals surface area contributed by atoms with E-state index in [9.17, 15) is 9.90 Å². The Morgan fingerprint density at radius 2 is 2.27 bits per heavy atom. The molecule has 2 aromatic rings. The number of furan rings is 1. The number of ether oxygens (including phenoxy) is 1. The third-order valence-electron chi connectivity index (χ3n) is 3.70. The summed E-state index contributed by atoms with van der Waals surface area (Å²) in [5.41, 5.74) is 0.781. The lowest BCUT2D eigenvalue weighted by Gasteiger charge is -2.32. The lowest BCUT2D eigenvalue weighted by atomic mass is 9.94. The van der Waals surface area contributed by atoms with Crippen molar-refractivity contribution in [3.05, 3.63) is 29.7 Å². The number of nitrogens with one attached hydrogen (secondary N) is 1. The van der Waals surface area contributed by atoms with Crippen molar-refractivity contribution in [1.82, 2.24) is 10.3 Å². The maximum atomic E-state index is 12.0. The van der Waals surface area contributed by atoms with Crippen LogP contribution in [0.4, 0.5) is 0 Å². The Labute approximate surface area is 132 Å². The van der Waals surface area contributed by atoms with Crippen molar-refractivity contribution in [3.8, 4) is 10.6 Å². The van der Waals surface area contributed by atoms with Crippen molar-refractivity contribution < 1.29 is 19.1 Å². The van der Waals surface area contributed by atoms with Crippen molar-refractivity contribution >= 4 is 17.2 Å². The zero-order valence-corrected chi connectivity index (χ0v) is 12.9. The second kappa shape index (κ2) is 6.60. The van der Waals surface area contributed by atoms with Gasteiger partial charge in [-0.25, -0.2) is 4.98 Å². The van der Waals surface area contributed by atoms with E-state index >= 15 is 0 Å². The largest absolute Gasteiger partial charge is 0.472 e. The monoisotopic (exact) mass is 322 g/mol. The molecule has 0 spiro atoms. The number of amides is 1. The highest BCUT2D eigenvalue weighted by Gasteiger charge is 2.30. The van der Waals surface area contributed by atoms with Crippen LogP contribution in [0.15, 0.2) is 28.4 Å². The molecular formula is C15H18N2O4S. The predicted molar refractivity (Wildman–Crippen MR) is 81.5 cm³/mol. The van der Waals surface area contributed by atoms with E-state index in [1.54, 1.807) is 12.5 Å².